The van der Waals surface area contributed by atoms with Crippen LogP contribution in [0.2, 0.25) is 0 Å². The summed E-state index contributed by atoms with van der Waals surface area (Å²) < 4.78 is 23.8. The number of primary sulfonamides is 1. The zero-order valence-electron chi connectivity index (χ0n) is 10.5. The largest absolute Gasteiger partial charge is 0.322 e. The van der Waals surface area contributed by atoms with E-state index in [9.17, 15) is 13.2 Å². The lowest BCUT2D eigenvalue weighted by Gasteiger charge is -2.07. The first-order valence-electron chi connectivity index (χ1n) is 5.66. The normalized spacial score (nSPS) is 11.2. The van der Waals surface area contributed by atoms with Crippen LogP contribution in [0.5, 0.6) is 0 Å². The van der Waals surface area contributed by atoms with Crippen LogP contribution in [0, 0.1) is 0 Å². The summed E-state index contributed by atoms with van der Waals surface area (Å²) in [5.41, 5.74) is 0.940. The van der Waals surface area contributed by atoms with Crippen LogP contribution < -0.4 is 10.5 Å². The van der Waals surface area contributed by atoms with Crippen LogP contribution in [-0.4, -0.2) is 14.3 Å². The Bertz CT molecular complexity index is 769. The van der Waals surface area contributed by atoms with Crippen LogP contribution in [0.1, 0.15) is 10.4 Å². The lowest BCUT2D eigenvalue weighted by atomic mass is 10.2. The Labute approximate surface area is 138 Å². The number of rotatable bonds is 3. The van der Waals surface area contributed by atoms with E-state index in [4.69, 9.17) is 5.14 Å². The van der Waals surface area contributed by atoms with Gasteiger partial charge in [-0.1, -0.05) is 31.9 Å². The summed E-state index contributed by atoms with van der Waals surface area (Å²) in [4.78, 5) is 12.1. The lowest BCUT2D eigenvalue weighted by Crippen LogP contribution is -2.14. The maximum Gasteiger partial charge on any atom is 0.255 e. The van der Waals surface area contributed by atoms with Gasteiger partial charge in [-0.2, -0.15) is 0 Å². The number of nitrogens with one attached hydrogen (secondary N) is 1. The highest BCUT2D eigenvalue weighted by molar-refractivity contribution is 9.11. The number of amides is 1. The fraction of sp³-hybridized carbons (Fsp3) is 0. The molecule has 0 saturated heterocycles. The van der Waals surface area contributed by atoms with E-state index in [0.717, 1.165) is 8.95 Å². The zero-order valence-corrected chi connectivity index (χ0v) is 14.5. The molecule has 0 aliphatic carbocycles. The second-order valence-corrected chi connectivity index (χ2v) is 7.57. The van der Waals surface area contributed by atoms with Gasteiger partial charge in [-0.05, 0) is 42.5 Å². The molecule has 2 rings (SSSR count). The molecule has 0 atom stereocenters. The Morgan fingerprint density at radius 2 is 1.52 bits per heavy atom. The van der Waals surface area contributed by atoms with Crippen molar-refractivity contribution in [3.05, 3.63) is 57.0 Å². The summed E-state index contributed by atoms with van der Waals surface area (Å²) in [6, 6.07) is 10.8. The predicted octanol–water partition coefficient (Wildman–Crippen LogP) is 3.11. The van der Waals surface area contributed by atoms with Crippen molar-refractivity contribution in [3.8, 4) is 0 Å². The summed E-state index contributed by atoms with van der Waals surface area (Å²) in [6.45, 7) is 0. The third-order valence-electron chi connectivity index (χ3n) is 2.57. The first kappa shape index (κ1) is 16.2. The summed E-state index contributed by atoms with van der Waals surface area (Å²) >= 11 is 6.61. The molecule has 110 valence electrons. The smallest absolute Gasteiger partial charge is 0.255 e. The van der Waals surface area contributed by atoms with Gasteiger partial charge < -0.3 is 5.32 Å². The van der Waals surface area contributed by atoms with Gasteiger partial charge in [0.15, 0.2) is 0 Å². The van der Waals surface area contributed by atoms with E-state index in [-0.39, 0.29) is 10.8 Å². The fourth-order valence-electron chi connectivity index (χ4n) is 1.62. The van der Waals surface area contributed by atoms with Gasteiger partial charge in [0, 0.05) is 20.2 Å². The summed E-state index contributed by atoms with van der Waals surface area (Å²) in [5.74, 6) is -0.305. The van der Waals surface area contributed by atoms with Gasteiger partial charge in [0.25, 0.3) is 5.91 Å². The molecule has 0 radical (unpaired) electrons. The number of hydrogen-bond donors (Lipinski definition) is 2. The number of carbonyl (C=O) groups is 1. The first-order chi connectivity index (χ1) is 9.75. The number of nitrogens with two attached hydrogens (primary N) is 1. The highest BCUT2D eigenvalue weighted by Gasteiger charge is 2.10. The van der Waals surface area contributed by atoms with Gasteiger partial charge in [0.05, 0.1) is 4.90 Å². The quantitative estimate of drug-likeness (QED) is 0.779. The molecule has 0 unspecified atom stereocenters. The van der Waals surface area contributed by atoms with Gasteiger partial charge in [-0.15, -0.1) is 0 Å². The highest BCUT2D eigenvalue weighted by Crippen LogP contribution is 2.21. The minimum Gasteiger partial charge on any atom is -0.322 e. The number of hydrogen-bond acceptors (Lipinski definition) is 3. The second-order valence-electron chi connectivity index (χ2n) is 4.18. The van der Waals surface area contributed by atoms with Crippen molar-refractivity contribution in [2.24, 2.45) is 5.14 Å². The average molecular weight is 434 g/mol. The Morgan fingerprint density at radius 3 is 2.00 bits per heavy atom. The minimum absolute atomic E-state index is 0.00861. The van der Waals surface area contributed by atoms with Crippen molar-refractivity contribution in [2.75, 3.05) is 5.32 Å². The molecule has 0 spiro atoms. The number of anilines is 1. The highest BCUT2D eigenvalue weighted by atomic mass is 79.9. The number of sulfonamides is 1. The van der Waals surface area contributed by atoms with E-state index in [0.29, 0.717) is 11.3 Å². The van der Waals surface area contributed by atoms with Crippen LogP contribution in [0.25, 0.3) is 0 Å². The zero-order chi connectivity index (χ0) is 15.6. The molecule has 2 aromatic carbocycles. The van der Waals surface area contributed by atoms with Crippen molar-refractivity contribution >= 4 is 53.5 Å². The van der Waals surface area contributed by atoms with E-state index < -0.39 is 10.0 Å². The molecule has 0 aliphatic rings. The lowest BCUT2D eigenvalue weighted by molar-refractivity contribution is 0.102. The molecule has 5 nitrogen and oxygen atoms in total. The summed E-state index contributed by atoms with van der Waals surface area (Å²) in [5, 5.41) is 7.68. The van der Waals surface area contributed by atoms with E-state index in [2.05, 4.69) is 37.2 Å². The predicted molar refractivity (Wildman–Crippen MR) is 87.6 cm³/mol. The van der Waals surface area contributed by atoms with Gasteiger partial charge in [0.2, 0.25) is 10.0 Å². The van der Waals surface area contributed by atoms with E-state index in [1.165, 1.54) is 24.3 Å². The molecular formula is C13H10Br2N2O3S. The fourth-order valence-corrected chi connectivity index (χ4v) is 3.43. The Hall–Kier alpha value is -1.22. The van der Waals surface area contributed by atoms with Gasteiger partial charge in [-0.25, -0.2) is 13.6 Å². The van der Waals surface area contributed by atoms with Crippen molar-refractivity contribution in [2.45, 2.75) is 4.90 Å². The summed E-state index contributed by atoms with van der Waals surface area (Å²) in [6.07, 6.45) is 0. The van der Waals surface area contributed by atoms with E-state index in [1.54, 1.807) is 12.1 Å². The number of benzene rings is 2. The van der Waals surface area contributed by atoms with Crippen molar-refractivity contribution < 1.29 is 13.2 Å². The monoisotopic (exact) mass is 432 g/mol. The van der Waals surface area contributed by atoms with Crippen LogP contribution in [0.4, 0.5) is 5.69 Å². The molecule has 21 heavy (non-hydrogen) atoms. The third kappa shape index (κ3) is 4.37. The van der Waals surface area contributed by atoms with Gasteiger partial charge in [-0.3, -0.25) is 4.79 Å². The van der Waals surface area contributed by atoms with Crippen molar-refractivity contribution in [1.82, 2.24) is 0 Å². The molecule has 0 aromatic heterocycles. The van der Waals surface area contributed by atoms with Crippen LogP contribution >= 0.6 is 31.9 Å². The maximum absolute atomic E-state index is 12.1. The van der Waals surface area contributed by atoms with E-state index in [1.807, 2.05) is 6.07 Å². The molecule has 1 amide bonds. The Morgan fingerprint density at radius 1 is 1.00 bits per heavy atom. The average Bonchev–Trinajstić information content (AvgIpc) is 2.37. The SMILES string of the molecule is NS(=O)(=O)c1ccc(NC(=O)c2cc(Br)cc(Br)c2)cc1. The first-order valence-corrected chi connectivity index (χ1v) is 8.79. The molecule has 0 saturated carbocycles. The molecule has 0 heterocycles. The molecule has 0 aliphatic heterocycles. The summed E-state index contributed by atoms with van der Waals surface area (Å²) in [7, 11) is -3.74. The Kier molecular flexibility index (Phi) is 4.82. The number of carbonyl (C=O) groups excluding carboxylic acids is 1. The molecule has 2 aromatic rings. The molecule has 8 heteroatoms. The Balaban J connectivity index is 2.20. The van der Waals surface area contributed by atoms with Crippen LogP contribution in [-0.2, 0) is 10.0 Å². The third-order valence-corrected chi connectivity index (χ3v) is 4.41. The minimum atomic E-state index is -3.74. The second kappa shape index (κ2) is 6.27. The van der Waals surface area contributed by atoms with Gasteiger partial charge in [0.1, 0.15) is 0 Å². The van der Waals surface area contributed by atoms with Gasteiger partial charge >= 0.3 is 0 Å². The molecule has 3 N–H and O–H groups in total. The topological polar surface area (TPSA) is 89.3 Å². The molecule has 0 fully saturated rings. The maximum atomic E-state index is 12.1. The van der Waals surface area contributed by atoms with Crippen LogP contribution in [0.3, 0.4) is 0 Å². The molecular weight excluding hydrogens is 424 g/mol. The standard InChI is InChI=1S/C13H10Br2N2O3S/c14-9-5-8(6-10(15)7-9)13(18)17-11-1-3-12(4-2-11)21(16,19)20/h1-7H,(H,17,18)(H2,16,19,20). The number of halogens is 2. The van der Waals surface area contributed by atoms with Crippen molar-refractivity contribution in [1.29, 1.82) is 0 Å². The van der Waals surface area contributed by atoms with Crippen molar-refractivity contribution in [3.63, 3.8) is 0 Å². The molecule has 0 bridgehead atoms. The van der Waals surface area contributed by atoms with Crippen LogP contribution in [0.15, 0.2) is 56.3 Å². The van der Waals surface area contributed by atoms with E-state index >= 15 is 0 Å².